The van der Waals surface area contributed by atoms with Gasteiger partial charge in [-0.25, -0.2) is 4.98 Å². The van der Waals surface area contributed by atoms with Crippen LogP contribution in [0.1, 0.15) is 19.0 Å². The largest absolute Gasteiger partial charge is 0.334 e. The summed E-state index contributed by atoms with van der Waals surface area (Å²) in [5.74, 6) is 3.56. The molecule has 1 saturated heterocycles. The Morgan fingerprint density at radius 2 is 2.60 bits per heavy atom. The van der Waals surface area contributed by atoms with Crippen LogP contribution in [0.3, 0.4) is 0 Å². The van der Waals surface area contributed by atoms with Crippen molar-refractivity contribution < 1.29 is 0 Å². The summed E-state index contributed by atoms with van der Waals surface area (Å²) in [5, 5.41) is 3.53. The molecule has 0 saturated carbocycles. The zero-order valence-electron chi connectivity index (χ0n) is 9.28. The summed E-state index contributed by atoms with van der Waals surface area (Å²) in [6, 6.07) is 0. The SMILES string of the molecule is CCn1cncc1CNCC1CCSC1. The molecule has 1 atom stereocenters. The van der Waals surface area contributed by atoms with Crippen LogP contribution < -0.4 is 5.32 Å². The Balaban J connectivity index is 1.73. The molecule has 1 aromatic heterocycles. The fraction of sp³-hybridized carbons (Fsp3) is 0.727. The van der Waals surface area contributed by atoms with E-state index in [1.165, 1.54) is 23.6 Å². The highest BCUT2D eigenvalue weighted by Gasteiger charge is 2.14. The number of imidazole rings is 1. The maximum Gasteiger partial charge on any atom is 0.0948 e. The van der Waals surface area contributed by atoms with Crippen LogP contribution in [-0.2, 0) is 13.1 Å². The van der Waals surface area contributed by atoms with Gasteiger partial charge in [0.25, 0.3) is 0 Å². The Labute approximate surface area is 95.7 Å². The predicted octanol–water partition coefficient (Wildman–Crippen LogP) is 1.75. The lowest BCUT2D eigenvalue weighted by molar-refractivity contribution is 0.513. The Bertz CT molecular complexity index is 292. The van der Waals surface area contributed by atoms with Crippen molar-refractivity contribution in [3.05, 3.63) is 18.2 Å². The molecule has 1 aliphatic heterocycles. The third-order valence-electron chi connectivity index (χ3n) is 2.90. The van der Waals surface area contributed by atoms with E-state index < -0.39 is 0 Å². The number of aryl methyl sites for hydroxylation is 1. The van der Waals surface area contributed by atoms with E-state index in [-0.39, 0.29) is 0 Å². The fourth-order valence-electron chi connectivity index (χ4n) is 1.93. The van der Waals surface area contributed by atoms with Gasteiger partial charge in [-0.05, 0) is 37.3 Å². The first-order valence-electron chi connectivity index (χ1n) is 5.67. The maximum absolute atomic E-state index is 4.16. The molecule has 3 nitrogen and oxygen atoms in total. The highest BCUT2D eigenvalue weighted by Crippen LogP contribution is 2.22. The first kappa shape index (κ1) is 11.0. The quantitative estimate of drug-likeness (QED) is 0.828. The topological polar surface area (TPSA) is 29.9 Å². The van der Waals surface area contributed by atoms with Gasteiger partial charge in [-0.3, -0.25) is 0 Å². The number of nitrogens with zero attached hydrogens (tertiary/aromatic N) is 2. The first-order chi connectivity index (χ1) is 7.40. The number of aromatic nitrogens is 2. The number of hydrogen-bond acceptors (Lipinski definition) is 3. The van der Waals surface area contributed by atoms with Crippen molar-refractivity contribution in [1.82, 2.24) is 14.9 Å². The van der Waals surface area contributed by atoms with Crippen LogP contribution in [0, 0.1) is 5.92 Å². The van der Waals surface area contributed by atoms with E-state index in [2.05, 4.69) is 33.6 Å². The average Bonchev–Trinajstić information content (AvgIpc) is 2.88. The van der Waals surface area contributed by atoms with E-state index in [0.29, 0.717) is 0 Å². The summed E-state index contributed by atoms with van der Waals surface area (Å²) in [5.41, 5.74) is 1.29. The molecular formula is C11H19N3S. The summed E-state index contributed by atoms with van der Waals surface area (Å²) >= 11 is 2.08. The molecule has 1 aliphatic rings. The maximum atomic E-state index is 4.16. The van der Waals surface area contributed by atoms with E-state index in [1.807, 2.05) is 12.5 Å². The molecule has 1 unspecified atom stereocenters. The number of nitrogens with one attached hydrogen (secondary N) is 1. The van der Waals surface area contributed by atoms with Gasteiger partial charge in [0.05, 0.1) is 12.0 Å². The molecule has 0 spiro atoms. The second-order valence-electron chi connectivity index (χ2n) is 4.03. The lowest BCUT2D eigenvalue weighted by atomic mass is 10.1. The van der Waals surface area contributed by atoms with Gasteiger partial charge >= 0.3 is 0 Å². The molecule has 4 heteroatoms. The van der Waals surface area contributed by atoms with Crippen LogP contribution >= 0.6 is 11.8 Å². The third-order valence-corrected chi connectivity index (χ3v) is 4.13. The monoisotopic (exact) mass is 225 g/mol. The van der Waals surface area contributed by atoms with E-state index in [4.69, 9.17) is 0 Å². The minimum absolute atomic E-state index is 0.882. The van der Waals surface area contributed by atoms with Crippen LogP contribution in [0.2, 0.25) is 0 Å². The van der Waals surface area contributed by atoms with Gasteiger partial charge in [0.2, 0.25) is 0 Å². The molecule has 84 valence electrons. The van der Waals surface area contributed by atoms with Crippen molar-refractivity contribution in [3.8, 4) is 0 Å². The molecular weight excluding hydrogens is 206 g/mol. The molecule has 0 radical (unpaired) electrons. The highest BCUT2D eigenvalue weighted by molar-refractivity contribution is 7.99. The molecule has 0 aromatic carbocycles. The van der Waals surface area contributed by atoms with Crippen molar-refractivity contribution >= 4 is 11.8 Å². The molecule has 2 rings (SSSR count). The molecule has 2 heterocycles. The predicted molar refractivity (Wildman–Crippen MR) is 65.0 cm³/mol. The van der Waals surface area contributed by atoms with Gasteiger partial charge < -0.3 is 9.88 Å². The number of rotatable bonds is 5. The standard InChI is InChI=1S/C11H19N3S/c1-2-14-9-13-7-11(14)6-12-5-10-3-4-15-8-10/h7,9-10,12H,2-6,8H2,1H3. The van der Waals surface area contributed by atoms with Crippen molar-refractivity contribution in [3.63, 3.8) is 0 Å². The zero-order chi connectivity index (χ0) is 10.5. The summed E-state index contributed by atoms with van der Waals surface area (Å²) in [6.07, 6.45) is 5.24. The van der Waals surface area contributed by atoms with E-state index >= 15 is 0 Å². The normalized spacial score (nSPS) is 21.0. The smallest absolute Gasteiger partial charge is 0.0948 e. The van der Waals surface area contributed by atoms with Crippen LogP contribution in [0.25, 0.3) is 0 Å². The minimum atomic E-state index is 0.882. The average molecular weight is 225 g/mol. The Morgan fingerprint density at radius 3 is 3.33 bits per heavy atom. The van der Waals surface area contributed by atoms with Gasteiger partial charge in [-0.15, -0.1) is 0 Å². The second-order valence-corrected chi connectivity index (χ2v) is 5.18. The van der Waals surface area contributed by atoms with Crippen LogP contribution in [0.15, 0.2) is 12.5 Å². The molecule has 1 aromatic rings. The van der Waals surface area contributed by atoms with Crippen molar-refractivity contribution in [2.45, 2.75) is 26.4 Å². The van der Waals surface area contributed by atoms with Gasteiger partial charge in [-0.1, -0.05) is 0 Å². The molecule has 1 N–H and O–H groups in total. The second kappa shape index (κ2) is 5.56. The van der Waals surface area contributed by atoms with Gasteiger partial charge in [0.1, 0.15) is 0 Å². The van der Waals surface area contributed by atoms with E-state index in [1.54, 1.807) is 0 Å². The number of hydrogen-bond donors (Lipinski definition) is 1. The van der Waals surface area contributed by atoms with Crippen molar-refractivity contribution in [2.75, 3.05) is 18.1 Å². The molecule has 15 heavy (non-hydrogen) atoms. The lowest BCUT2D eigenvalue weighted by Crippen LogP contribution is -2.23. The summed E-state index contributed by atoms with van der Waals surface area (Å²) in [6.45, 7) is 5.27. The molecule has 0 amide bonds. The first-order valence-corrected chi connectivity index (χ1v) is 6.83. The fourth-order valence-corrected chi connectivity index (χ4v) is 3.21. The van der Waals surface area contributed by atoms with Crippen LogP contribution in [-0.4, -0.2) is 27.6 Å². The van der Waals surface area contributed by atoms with Gasteiger partial charge in [-0.2, -0.15) is 11.8 Å². The Kier molecular flexibility index (Phi) is 4.09. The molecule has 0 aliphatic carbocycles. The molecule has 1 fully saturated rings. The summed E-state index contributed by atoms with van der Waals surface area (Å²) < 4.78 is 2.19. The summed E-state index contributed by atoms with van der Waals surface area (Å²) in [7, 11) is 0. The van der Waals surface area contributed by atoms with Gasteiger partial charge in [0, 0.05) is 19.3 Å². The zero-order valence-corrected chi connectivity index (χ0v) is 10.1. The van der Waals surface area contributed by atoms with Crippen LogP contribution in [0.5, 0.6) is 0 Å². The third kappa shape index (κ3) is 2.98. The van der Waals surface area contributed by atoms with Crippen molar-refractivity contribution in [2.24, 2.45) is 5.92 Å². The number of thioether (sulfide) groups is 1. The van der Waals surface area contributed by atoms with E-state index in [0.717, 1.165) is 25.6 Å². The molecule has 0 bridgehead atoms. The lowest BCUT2D eigenvalue weighted by Gasteiger charge is -2.10. The minimum Gasteiger partial charge on any atom is -0.334 e. The summed E-state index contributed by atoms with van der Waals surface area (Å²) in [4.78, 5) is 4.16. The van der Waals surface area contributed by atoms with Crippen molar-refractivity contribution in [1.29, 1.82) is 0 Å². The van der Waals surface area contributed by atoms with E-state index in [9.17, 15) is 0 Å². The Morgan fingerprint density at radius 1 is 1.67 bits per heavy atom. The van der Waals surface area contributed by atoms with Gasteiger partial charge in [0.15, 0.2) is 0 Å². The highest BCUT2D eigenvalue weighted by atomic mass is 32.2. The Hall–Kier alpha value is -0.480. The van der Waals surface area contributed by atoms with Crippen LogP contribution in [0.4, 0.5) is 0 Å².